The first kappa shape index (κ1) is 12.3. The lowest BCUT2D eigenvalue weighted by molar-refractivity contribution is -0.139. The molecule has 5 nitrogen and oxygen atoms in total. The van der Waals surface area contributed by atoms with Crippen molar-refractivity contribution in [1.29, 1.82) is 0 Å². The molecule has 1 aliphatic heterocycles. The number of hydrogen-bond acceptors (Lipinski definition) is 3. The van der Waals surface area contributed by atoms with E-state index in [0.29, 0.717) is 24.1 Å². The van der Waals surface area contributed by atoms with E-state index < -0.39 is 12.0 Å². The lowest BCUT2D eigenvalue weighted by Gasteiger charge is -2.13. The van der Waals surface area contributed by atoms with Crippen LogP contribution in [0.5, 0.6) is 0 Å². The van der Waals surface area contributed by atoms with Crippen LogP contribution >= 0.6 is 0 Å². The lowest BCUT2D eigenvalue weighted by Crippen LogP contribution is -2.40. The number of carbonyl (C=O) groups is 2. The number of para-hydroxylation sites is 1. The number of nitrogens with zero attached hydrogens (tertiary/aromatic N) is 1. The number of hydrogen-bond donors (Lipinski definition) is 2. The van der Waals surface area contributed by atoms with Crippen LogP contribution in [0.2, 0.25) is 0 Å². The van der Waals surface area contributed by atoms with Gasteiger partial charge in [0.2, 0.25) is 0 Å². The zero-order valence-corrected chi connectivity index (χ0v) is 10.0. The van der Waals surface area contributed by atoms with Gasteiger partial charge in [0, 0.05) is 12.6 Å². The number of amides is 1. The van der Waals surface area contributed by atoms with Crippen LogP contribution in [0.4, 0.5) is 5.69 Å². The fourth-order valence-corrected chi connectivity index (χ4v) is 1.90. The molecule has 1 aromatic carbocycles. The minimum Gasteiger partial charge on any atom is -0.480 e. The molecule has 0 unspecified atom stereocenters. The van der Waals surface area contributed by atoms with E-state index in [1.807, 2.05) is 6.07 Å². The highest BCUT2D eigenvalue weighted by atomic mass is 16.4. The van der Waals surface area contributed by atoms with Crippen LogP contribution in [0.3, 0.4) is 0 Å². The predicted molar refractivity (Wildman–Crippen MR) is 67.5 cm³/mol. The molecule has 1 atom stereocenters. The molecule has 1 amide bonds. The summed E-state index contributed by atoms with van der Waals surface area (Å²) in [7, 11) is 0. The Labute approximate surface area is 105 Å². The summed E-state index contributed by atoms with van der Waals surface area (Å²) in [6, 6.07) is 4.49. The number of aliphatic imine (C=N–C) groups is 1. The van der Waals surface area contributed by atoms with Gasteiger partial charge in [-0.2, -0.15) is 0 Å². The van der Waals surface area contributed by atoms with Crippen molar-refractivity contribution in [3.63, 3.8) is 0 Å². The largest absolute Gasteiger partial charge is 0.480 e. The van der Waals surface area contributed by atoms with Gasteiger partial charge >= 0.3 is 5.97 Å². The molecule has 1 aliphatic rings. The van der Waals surface area contributed by atoms with Gasteiger partial charge in [-0.15, -0.1) is 0 Å². The summed E-state index contributed by atoms with van der Waals surface area (Å²) in [5.41, 5.74) is 2.07. The molecule has 0 fully saturated rings. The highest BCUT2D eigenvalue weighted by molar-refractivity contribution is 6.02. The van der Waals surface area contributed by atoms with Crippen LogP contribution in [0.1, 0.15) is 29.3 Å². The highest BCUT2D eigenvalue weighted by Crippen LogP contribution is 2.28. The molecule has 2 rings (SSSR count). The zero-order chi connectivity index (χ0) is 13.1. The van der Waals surface area contributed by atoms with E-state index >= 15 is 0 Å². The standard InChI is InChI=1S/C13H14N2O3/c1-2-10(13(17)18)15-12(16)9-5-3-4-8-6-7-14-11(8)9/h3-5,7,10H,2,6H2,1H3,(H,15,16)(H,17,18)/t10-/m1/s1. The Hall–Kier alpha value is -2.17. The molecule has 1 aromatic rings. The Morgan fingerprint density at radius 3 is 2.94 bits per heavy atom. The maximum atomic E-state index is 12.0. The summed E-state index contributed by atoms with van der Waals surface area (Å²) in [4.78, 5) is 27.1. The van der Waals surface area contributed by atoms with E-state index in [2.05, 4.69) is 10.3 Å². The molecule has 0 radical (unpaired) electrons. The second-order valence-corrected chi connectivity index (χ2v) is 4.10. The number of carboxylic acids is 1. The van der Waals surface area contributed by atoms with Crippen molar-refractivity contribution >= 4 is 23.8 Å². The van der Waals surface area contributed by atoms with Crippen LogP contribution in [-0.4, -0.2) is 29.2 Å². The molecule has 0 spiro atoms. The molecular formula is C13H14N2O3. The van der Waals surface area contributed by atoms with Crippen molar-refractivity contribution in [2.75, 3.05) is 0 Å². The molecule has 0 saturated heterocycles. The first-order valence-electron chi connectivity index (χ1n) is 5.81. The predicted octanol–water partition coefficient (Wildman–Crippen LogP) is 1.54. The summed E-state index contributed by atoms with van der Waals surface area (Å²) < 4.78 is 0. The van der Waals surface area contributed by atoms with Crippen molar-refractivity contribution in [1.82, 2.24) is 5.32 Å². The van der Waals surface area contributed by atoms with Gasteiger partial charge in [0.15, 0.2) is 0 Å². The van der Waals surface area contributed by atoms with E-state index in [1.54, 1.807) is 25.3 Å². The van der Waals surface area contributed by atoms with Crippen molar-refractivity contribution in [3.8, 4) is 0 Å². The van der Waals surface area contributed by atoms with E-state index in [9.17, 15) is 9.59 Å². The van der Waals surface area contributed by atoms with Crippen LogP contribution in [0, 0.1) is 0 Å². The summed E-state index contributed by atoms with van der Waals surface area (Å²) in [5.74, 6) is -1.41. The van der Waals surface area contributed by atoms with Crippen molar-refractivity contribution in [2.24, 2.45) is 4.99 Å². The Morgan fingerprint density at radius 2 is 2.28 bits per heavy atom. The summed E-state index contributed by atoms with van der Waals surface area (Å²) >= 11 is 0. The van der Waals surface area contributed by atoms with Gasteiger partial charge in [-0.05, 0) is 18.1 Å². The van der Waals surface area contributed by atoms with Gasteiger partial charge in [0.05, 0.1) is 11.3 Å². The molecule has 2 N–H and O–H groups in total. The molecule has 5 heteroatoms. The Bertz CT molecular complexity index is 523. The van der Waals surface area contributed by atoms with Crippen LogP contribution in [0.15, 0.2) is 23.2 Å². The first-order valence-corrected chi connectivity index (χ1v) is 5.81. The normalized spacial score (nSPS) is 14.1. The van der Waals surface area contributed by atoms with E-state index in [1.165, 1.54) is 0 Å². The van der Waals surface area contributed by atoms with Crippen LogP contribution in [-0.2, 0) is 11.2 Å². The van der Waals surface area contributed by atoms with Gasteiger partial charge in [0.1, 0.15) is 6.04 Å². The fraction of sp³-hybridized carbons (Fsp3) is 0.308. The second kappa shape index (κ2) is 5.00. The minimum atomic E-state index is -1.03. The molecule has 1 heterocycles. The maximum Gasteiger partial charge on any atom is 0.326 e. The number of nitrogens with one attached hydrogen (secondary N) is 1. The zero-order valence-electron chi connectivity index (χ0n) is 10.0. The number of aliphatic carboxylic acids is 1. The quantitative estimate of drug-likeness (QED) is 0.845. The third-order valence-corrected chi connectivity index (χ3v) is 2.91. The topological polar surface area (TPSA) is 78.8 Å². The number of fused-ring (bicyclic) bond motifs is 1. The average Bonchev–Trinajstić information content (AvgIpc) is 2.82. The SMILES string of the molecule is CC[C@@H](NC(=O)c1cccc2c1N=CC2)C(=O)O. The van der Waals surface area contributed by atoms with Crippen molar-refractivity contribution in [3.05, 3.63) is 29.3 Å². The van der Waals surface area contributed by atoms with E-state index in [-0.39, 0.29) is 5.91 Å². The molecule has 0 aliphatic carbocycles. The highest BCUT2D eigenvalue weighted by Gasteiger charge is 2.22. The third kappa shape index (κ3) is 2.25. The van der Waals surface area contributed by atoms with Crippen LogP contribution < -0.4 is 5.32 Å². The number of rotatable bonds is 4. The third-order valence-electron chi connectivity index (χ3n) is 2.91. The lowest BCUT2D eigenvalue weighted by atomic mass is 10.1. The van der Waals surface area contributed by atoms with Crippen LogP contribution in [0.25, 0.3) is 0 Å². The summed E-state index contributed by atoms with van der Waals surface area (Å²) in [6.07, 6.45) is 2.81. The van der Waals surface area contributed by atoms with Gasteiger partial charge in [-0.3, -0.25) is 9.79 Å². The molecule has 0 saturated carbocycles. The molecule has 0 bridgehead atoms. The Morgan fingerprint density at radius 1 is 1.50 bits per heavy atom. The Balaban J connectivity index is 2.22. The Kier molecular flexibility index (Phi) is 3.41. The fourth-order valence-electron chi connectivity index (χ4n) is 1.90. The molecular weight excluding hydrogens is 232 g/mol. The average molecular weight is 246 g/mol. The summed E-state index contributed by atoms with van der Waals surface area (Å²) in [6.45, 7) is 1.71. The second-order valence-electron chi connectivity index (χ2n) is 4.10. The summed E-state index contributed by atoms with van der Waals surface area (Å²) in [5, 5.41) is 11.4. The molecule has 18 heavy (non-hydrogen) atoms. The number of benzene rings is 1. The van der Waals surface area contributed by atoms with E-state index in [0.717, 1.165) is 5.56 Å². The van der Waals surface area contributed by atoms with Crippen molar-refractivity contribution in [2.45, 2.75) is 25.8 Å². The van der Waals surface area contributed by atoms with Crippen molar-refractivity contribution < 1.29 is 14.7 Å². The van der Waals surface area contributed by atoms with Gasteiger partial charge in [0.25, 0.3) is 5.91 Å². The number of carboxylic acid groups (broad SMARTS) is 1. The molecule has 0 aromatic heterocycles. The monoisotopic (exact) mass is 246 g/mol. The number of carbonyl (C=O) groups excluding carboxylic acids is 1. The van der Waals surface area contributed by atoms with Gasteiger partial charge in [-0.25, -0.2) is 4.79 Å². The van der Waals surface area contributed by atoms with Gasteiger partial charge in [-0.1, -0.05) is 19.1 Å². The first-order chi connectivity index (χ1) is 8.63. The molecule has 94 valence electrons. The maximum absolute atomic E-state index is 12.0. The smallest absolute Gasteiger partial charge is 0.326 e. The minimum absolute atomic E-state index is 0.347. The van der Waals surface area contributed by atoms with Gasteiger partial charge < -0.3 is 10.4 Å². The van der Waals surface area contributed by atoms with E-state index in [4.69, 9.17) is 5.11 Å².